The van der Waals surface area contributed by atoms with Gasteiger partial charge in [-0.15, -0.1) is 0 Å². The average Bonchev–Trinajstić information content (AvgIpc) is 3.16. The quantitative estimate of drug-likeness (QED) is 0.657. The molecule has 0 radical (unpaired) electrons. The van der Waals surface area contributed by atoms with Crippen LogP contribution in [0.1, 0.15) is 16.8 Å². The van der Waals surface area contributed by atoms with E-state index in [4.69, 9.17) is 16.3 Å². The van der Waals surface area contributed by atoms with Crippen molar-refractivity contribution in [2.24, 2.45) is 0 Å². The Morgan fingerprint density at radius 2 is 2.07 bits per heavy atom. The average molecular weight is 428 g/mol. The Labute approximate surface area is 167 Å². The van der Waals surface area contributed by atoms with Gasteiger partial charge in [0, 0.05) is 12.6 Å². The highest BCUT2D eigenvalue weighted by Crippen LogP contribution is 2.27. The number of sulfonamides is 1. The first-order valence-electron chi connectivity index (χ1n) is 8.47. The van der Waals surface area contributed by atoms with Crippen LogP contribution in [0.15, 0.2) is 41.3 Å². The number of ether oxygens (including phenoxy) is 1. The summed E-state index contributed by atoms with van der Waals surface area (Å²) in [5, 5.41) is 5.70. The number of methoxy groups -OCH3 is 1. The minimum atomic E-state index is -3.82. The standard InChI is InChI=1S/C18H19ClFN3O4S/c1-27-17-5-3-13(28(25,26)23-12-6-7-21-10-12)9-14(17)18(24)22-16-8-11(20)2-4-15(16)19/h2-5,8-9,12,21,23H,6-7,10H2,1H3,(H,22,24). The molecule has 1 atom stereocenters. The van der Waals surface area contributed by atoms with Crippen LogP contribution < -0.4 is 20.1 Å². The van der Waals surface area contributed by atoms with Crippen LogP contribution in [-0.4, -0.2) is 40.6 Å². The molecule has 3 rings (SSSR count). The predicted molar refractivity (Wildman–Crippen MR) is 104 cm³/mol. The maximum atomic E-state index is 13.4. The van der Waals surface area contributed by atoms with E-state index in [-0.39, 0.29) is 33.0 Å². The van der Waals surface area contributed by atoms with Gasteiger partial charge in [0.1, 0.15) is 11.6 Å². The SMILES string of the molecule is COc1ccc(S(=O)(=O)NC2CCNC2)cc1C(=O)Nc1cc(F)ccc1Cl. The van der Waals surface area contributed by atoms with Gasteiger partial charge in [-0.3, -0.25) is 4.79 Å². The van der Waals surface area contributed by atoms with Crippen molar-refractivity contribution in [3.8, 4) is 5.75 Å². The Bertz CT molecular complexity index is 994. The first-order chi connectivity index (χ1) is 13.3. The maximum Gasteiger partial charge on any atom is 0.259 e. The molecule has 1 saturated heterocycles. The molecule has 0 saturated carbocycles. The number of benzene rings is 2. The van der Waals surface area contributed by atoms with Gasteiger partial charge in [-0.05, 0) is 49.4 Å². The number of hydrogen-bond acceptors (Lipinski definition) is 5. The molecule has 1 unspecified atom stereocenters. The van der Waals surface area contributed by atoms with E-state index in [1.54, 1.807) is 0 Å². The van der Waals surface area contributed by atoms with Gasteiger partial charge in [-0.2, -0.15) is 0 Å². The van der Waals surface area contributed by atoms with E-state index in [0.29, 0.717) is 13.0 Å². The number of carbonyl (C=O) groups excluding carboxylic acids is 1. The topological polar surface area (TPSA) is 96.5 Å². The number of carbonyl (C=O) groups is 1. The molecule has 1 aliphatic heterocycles. The van der Waals surface area contributed by atoms with Crippen molar-refractivity contribution in [2.75, 3.05) is 25.5 Å². The molecule has 1 fully saturated rings. The Morgan fingerprint density at radius 3 is 2.75 bits per heavy atom. The molecular weight excluding hydrogens is 409 g/mol. The summed E-state index contributed by atoms with van der Waals surface area (Å²) in [5.41, 5.74) is 0.0485. The second-order valence-corrected chi connectivity index (χ2v) is 8.37. The lowest BCUT2D eigenvalue weighted by molar-refractivity contribution is 0.102. The fourth-order valence-corrected chi connectivity index (χ4v) is 4.32. The van der Waals surface area contributed by atoms with E-state index in [1.807, 2.05) is 0 Å². The predicted octanol–water partition coefficient (Wildman–Crippen LogP) is 2.38. The number of amides is 1. The monoisotopic (exact) mass is 427 g/mol. The molecule has 0 aliphatic carbocycles. The van der Waals surface area contributed by atoms with E-state index in [9.17, 15) is 17.6 Å². The van der Waals surface area contributed by atoms with Gasteiger partial charge < -0.3 is 15.4 Å². The van der Waals surface area contributed by atoms with Crippen molar-refractivity contribution in [1.29, 1.82) is 0 Å². The largest absolute Gasteiger partial charge is 0.496 e. The zero-order valence-electron chi connectivity index (χ0n) is 15.0. The third kappa shape index (κ3) is 4.61. The molecule has 2 aromatic carbocycles. The summed E-state index contributed by atoms with van der Waals surface area (Å²) in [6, 6.07) is 7.29. The van der Waals surface area contributed by atoms with Crippen LogP contribution in [0.5, 0.6) is 5.75 Å². The summed E-state index contributed by atoms with van der Waals surface area (Å²) < 4.78 is 46.5. The van der Waals surface area contributed by atoms with Gasteiger partial charge >= 0.3 is 0 Å². The normalized spacial score (nSPS) is 16.8. The first kappa shape index (κ1) is 20.5. The zero-order chi connectivity index (χ0) is 20.3. The van der Waals surface area contributed by atoms with E-state index in [0.717, 1.165) is 18.7 Å². The summed E-state index contributed by atoms with van der Waals surface area (Å²) in [6.45, 7) is 1.28. The molecule has 2 aromatic rings. The van der Waals surface area contributed by atoms with Gasteiger partial charge in [-0.25, -0.2) is 17.5 Å². The molecule has 3 N–H and O–H groups in total. The highest BCUT2D eigenvalue weighted by molar-refractivity contribution is 7.89. The van der Waals surface area contributed by atoms with Crippen LogP contribution >= 0.6 is 11.6 Å². The minimum absolute atomic E-state index is 0.0183. The molecule has 1 amide bonds. The molecule has 0 spiro atoms. The van der Waals surface area contributed by atoms with Gasteiger partial charge in [-0.1, -0.05) is 11.6 Å². The van der Waals surface area contributed by atoms with E-state index in [1.165, 1.54) is 31.4 Å². The molecule has 1 heterocycles. The molecule has 10 heteroatoms. The second-order valence-electron chi connectivity index (χ2n) is 6.25. The molecule has 28 heavy (non-hydrogen) atoms. The van der Waals surface area contributed by atoms with Gasteiger partial charge in [0.15, 0.2) is 0 Å². The van der Waals surface area contributed by atoms with Crippen LogP contribution in [0.3, 0.4) is 0 Å². The van der Waals surface area contributed by atoms with E-state index < -0.39 is 21.7 Å². The third-order valence-electron chi connectivity index (χ3n) is 4.28. The van der Waals surface area contributed by atoms with Gasteiger partial charge in [0.25, 0.3) is 5.91 Å². The highest BCUT2D eigenvalue weighted by Gasteiger charge is 2.25. The Balaban J connectivity index is 1.90. The third-order valence-corrected chi connectivity index (χ3v) is 6.13. The number of nitrogens with one attached hydrogen (secondary N) is 3. The van der Waals surface area contributed by atoms with E-state index >= 15 is 0 Å². The fraction of sp³-hybridized carbons (Fsp3) is 0.278. The summed E-state index contributed by atoms with van der Waals surface area (Å²) in [6.07, 6.45) is 0.681. The summed E-state index contributed by atoms with van der Waals surface area (Å²) in [7, 11) is -2.47. The molecule has 7 nitrogen and oxygen atoms in total. The molecular formula is C18H19ClFN3O4S. The Hall–Kier alpha value is -2.20. The molecule has 0 aromatic heterocycles. The number of anilines is 1. The van der Waals surface area contributed by atoms with Crippen LogP contribution in [0.25, 0.3) is 0 Å². The fourth-order valence-electron chi connectivity index (χ4n) is 2.86. The summed E-state index contributed by atoms with van der Waals surface area (Å²) in [4.78, 5) is 12.6. The Kier molecular flexibility index (Phi) is 6.19. The summed E-state index contributed by atoms with van der Waals surface area (Å²) in [5.74, 6) is -1.08. The van der Waals surface area contributed by atoms with Gasteiger partial charge in [0.2, 0.25) is 10.0 Å². The van der Waals surface area contributed by atoms with Gasteiger partial charge in [0.05, 0.1) is 28.3 Å². The Morgan fingerprint density at radius 1 is 1.29 bits per heavy atom. The van der Waals surface area contributed by atoms with Crippen LogP contribution in [0, 0.1) is 5.82 Å². The highest BCUT2D eigenvalue weighted by atomic mass is 35.5. The van der Waals surface area contributed by atoms with Crippen LogP contribution in [-0.2, 0) is 10.0 Å². The second kappa shape index (κ2) is 8.44. The molecule has 0 bridgehead atoms. The van der Waals surface area contributed by atoms with Crippen LogP contribution in [0.2, 0.25) is 5.02 Å². The molecule has 150 valence electrons. The van der Waals surface area contributed by atoms with Crippen molar-refractivity contribution in [2.45, 2.75) is 17.4 Å². The number of halogens is 2. The smallest absolute Gasteiger partial charge is 0.259 e. The lowest BCUT2D eigenvalue weighted by Crippen LogP contribution is -2.36. The lowest BCUT2D eigenvalue weighted by atomic mass is 10.2. The van der Waals surface area contributed by atoms with Crippen molar-refractivity contribution < 1.29 is 22.3 Å². The van der Waals surface area contributed by atoms with Crippen molar-refractivity contribution in [1.82, 2.24) is 10.0 Å². The maximum absolute atomic E-state index is 13.4. The summed E-state index contributed by atoms with van der Waals surface area (Å²) >= 11 is 5.98. The minimum Gasteiger partial charge on any atom is -0.496 e. The number of rotatable bonds is 6. The molecule has 1 aliphatic rings. The van der Waals surface area contributed by atoms with Crippen molar-refractivity contribution in [3.05, 3.63) is 52.8 Å². The van der Waals surface area contributed by atoms with Crippen LogP contribution in [0.4, 0.5) is 10.1 Å². The number of hydrogen-bond donors (Lipinski definition) is 3. The first-order valence-corrected chi connectivity index (χ1v) is 10.3. The van der Waals surface area contributed by atoms with Crippen molar-refractivity contribution in [3.63, 3.8) is 0 Å². The lowest BCUT2D eigenvalue weighted by Gasteiger charge is -2.15. The zero-order valence-corrected chi connectivity index (χ0v) is 16.5. The van der Waals surface area contributed by atoms with Crippen molar-refractivity contribution >= 4 is 33.2 Å². The van der Waals surface area contributed by atoms with E-state index in [2.05, 4.69) is 15.4 Å².